The van der Waals surface area contributed by atoms with Crippen molar-refractivity contribution in [3.8, 4) is 0 Å². The summed E-state index contributed by atoms with van der Waals surface area (Å²) in [5, 5.41) is 2.62. The Morgan fingerprint density at radius 3 is 1.00 bits per heavy atom. The van der Waals surface area contributed by atoms with Gasteiger partial charge in [0.05, 0.1) is 0 Å². The van der Waals surface area contributed by atoms with Crippen molar-refractivity contribution in [3.63, 3.8) is 0 Å². The van der Waals surface area contributed by atoms with E-state index < -0.39 is 0 Å². The third-order valence-corrected chi connectivity index (χ3v) is 0. The van der Waals surface area contributed by atoms with Crippen LogP contribution in [0.15, 0.2) is 0 Å². The Bertz CT molecular complexity index is 34.7. The van der Waals surface area contributed by atoms with Crippen molar-refractivity contribution in [2.24, 2.45) is 0 Å². The van der Waals surface area contributed by atoms with Crippen LogP contribution in [0, 0.1) is 0 Å². The molecule has 0 radical (unpaired) electrons. The Morgan fingerprint density at radius 2 is 1.00 bits per heavy atom. The molecule has 0 rings (SSSR count). The molecule has 0 bridgehead atoms. The van der Waals surface area contributed by atoms with Crippen LogP contribution in [-0.2, 0) is 29.1 Å². The van der Waals surface area contributed by atoms with Gasteiger partial charge >= 0.3 is 19.5 Å². The van der Waals surface area contributed by atoms with E-state index in [4.69, 9.17) is 9.59 Å². The molecule has 0 aromatic carbocycles. The maximum atomic E-state index is 8.60. The Hall–Kier alpha value is 0.923. The van der Waals surface area contributed by atoms with Gasteiger partial charge in [0, 0.05) is 0 Å². The molecule has 0 N–H and O–H groups in total. The summed E-state index contributed by atoms with van der Waals surface area (Å²) in [6, 6.07) is 0. The van der Waals surface area contributed by atoms with Crippen molar-refractivity contribution in [2.45, 2.75) is 0 Å². The molecule has 40 valence electrons. The van der Waals surface area contributed by atoms with Crippen LogP contribution in [0.5, 0.6) is 0 Å². The quantitative estimate of drug-likeness (QED) is 0.378. The fourth-order valence-corrected chi connectivity index (χ4v) is 0. The van der Waals surface area contributed by atoms with E-state index in [0.29, 0.717) is 0 Å². The van der Waals surface area contributed by atoms with Crippen molar-refractivity contribution in [1.82, 2.24) is 0 Å². The van der Waals surface area contributed by atoms with Gasteiger partial charge in [-0.2, -0.15) is 10.4 Å². The summed E-state index contributed by atoms with van der Waals surface area (Å²) in [7, 11) is 0. The molecule has 0 aliphatic carbocycles. The van der Waals surface area contributed by atoms with Crippen LogP contribution in [-0.4, -0.2) is 10.4 Å². The van der Waals surface area contributed by atoms with Crippen LogP contribution in [0.3, 0.4) is 0 Å². The predicted molar refractivity (Wildman–Crippen MR) is 29.2 cm³/mol. The van der Waals surface area contributed by atoms with Gasteiger partial charge in [-0.3, -0.25) is 31.9 Å². The third kappa shape index (κ3) is 197. The molecule has 0 aliphatic heterocycles. The van der Waals surface area contributed by atoms with Crippen LogP contribution in [0.25, 0.3) is 0 Å². The van der Waals surface area contributed by atoms with Crippen molar-refractivity contribution in [1.29, 1.82) is 0 Å². The molecule has 0 heterocycles. The molecule has 0 unspecified atom stereocenters. The molecular formula is C2Br2O2Ru+2. The molecule has 0 saturated heterocycles. The minimum atomic E-state index is 0. The van der Waals surface area contributed by atoms with Crippen molar-refractivity contribution >= 4 is 42.3 Å². The zero-order valence-electron chi connectivity index (χ0n) is 2.93. The van der Waals surface area contributed by atoms with Crippen molar-refractivity contribution in [3.05, 3.63) is 0 Å². The first-order chi connectivity index (χ1) is 2.83. The van der Waals surface area contributed by atoms with Crippen molar-refractivity contribution in [2.75, 3.05) is 0 Å². The second kappa shape index (κ2) is 28.4. The van der Waals surface area contributed by atoms with Crippen LogP contribution in [0.1, 0.15) is 0 Å². The zero-order valence-corrected chi connectivity index (χ0v) is 7.84. The van der Waals surface area contributed by atoms with Gasteiger partial charge in [-0.25, -0.2) is 0 Å². The summed E-state index contributed by atoms with van der Waals surface area (Å²) in [5.41, 5.74) is 0. The molecule has 0 saturated carbocycles. The number of hydrogen-bond acceptors (Lipinski definition) is 2. The van der Waals surface area contributed by atoms with E-state index >= 15 is 0 Å². The summed E-state index contributed by atoms with van der Waals surface area (Å²) < 4.78 is 0. The van der Waals surface area contributed by atoms with E-state index in [1.54, 1.807) is 0 Å². The molecule has 0 aliphatic rings. The molecule has 0 aromatic heterocycles. The molecule has 0 aromatic rings. The Labute approximate surface area is 71.1 Å². The SMILES string of the molecule is O=[C-]Br.O=[C-]Br.[Ru+4]. The van der Waals surface area contributed by atoms with Gasteiger partial charge in [0.2, 0.25) is 0 Å². The summed E-state index contributed by atoms with van der Waals surface area (Å²) in [6.07, 6.45) is 0. The standard InChI is InChI=1S/2CBrO.Ru/c2*2-1-3;/q2*-1;+4. The van der Waals surface area contributed by atoms with Crippen LogP contribution < -0.4 is 0 Å². The third-order valence-electron chi connectivity index (χ3n) is 0. The van der Waals surface area contributed by atoms with Crippen LogP contribution in [0.4, 0.5) is 0 Å². The zero-order chi connectivity index (χ0) is 5.41. The minimum absolute atomic E-state index is 0. The summed E-state index contributed by atoms with van der Waals surface area (Å²) in [6.45, 7) is 0. The minimum Gasteiger partial charge on any atom is -0.530 e. The second-order valence-electron chi connectivity index (χ2n) is 0.154. The topological polar surface area (TPSA) is 34.1 Å². The first-order valence-corrected chi connectivity index (χ1v) is 2.37. The normalized spacial score (nSPS) is 3.71. The smallest absolute Gasteiger partial charge is 0.530 e. The Balaban J connectivity index is -0.0000000400. The molecule has 0 fully saturated rings. The molecular weight excluding hydrogens is 317 g/mol. The fraction of sp³-hybridized carbons (Fsp3) is 0. The van der Waals surface area contributed by atoms with Crippen molar-refractivity contribution < 1.29 is 29.1 Å². The number of rotatable bonds is 0. The Kier molecular flexibility index (Phi) is 63.6. The van der Waals surface area contributed by atoms with Gasteiger partial charge in [-0.05, 0) is 0 Å². The Morgan fingerprint density at radius 1 is 1.00 bits per heavy atom. The van der Waals surface area contributed by atoms with Crippen LogP contribution in [0.2, 0.25) is 0 Å². The van der Waals surface area contributed by atoms with E-state index in [0.717, 1.165) is 0 Å². The van der Waals surface area contributed by atoms with E-state index in [9.17, 15) is 0 Å². The van der Waals surface area contributed by atoms with E-state index in [1.165, 1.54) is 10.4 Å². The van der Waals surface area contributed by atoms with Gasteiger partial charge in [0.15, 0.2) is 0 Å². The number of hydrogen-bond donors (Lipinski definition) is 0. The van der Waals surface area contributed by atoms with Gasteiger partial charge in [-0.15, -0.1) is 0 Å². The van der Waals surface area contributed by atoms with E-state index in [2.05, 4.69) is 31.9 Å². The van der Waals surface area contributed by atoms with Crippen LogP contribution >= 0.6 is 31.9 Å². The maximum Gasteiger partial charge on any atom is 4.00 e. The summed E-state index contributed by atoms with van der Waals surface area (Å²) in [4.78, 5) is 17.2. The first-order valence-electron chi connectivity index (χ1n) is 0.786. The summed E-state index contributed by atoms with van der Waals surface area (Å²) in [5.74, 6) is 0. The average Bonchev–Trinajstić information content (AvgIpc) is 1.39. The van der Waals surface area contributed by atoms with Gasteiger partial charge < -0.3 is 9.59 Å². The monoisotopic (exact) mass is 316 g/mol. The van der Waals surface area contributed by atoms with Gasteiger partial charge in [0.1, 0.15) is 0 Å². The first kappa shape index (κ1) is 15.7. The molecule has 0 atom stereocenters. The average molecular weight is 317 g/mol. The second-order valence-corrected chi connectivity index (χ2v) is 0.802. The predicted octanol–water partition coefficient (Wildman–Crippen LogP) is 0.895. The fourth-order valence-electron chi connectivity index (χ4n) is 0. The summed E-state index contributed by atoms with van der Waals surface area (Å²) >= 11 is 4.68. The number of halogens is 2. The van der Waals surface area contributed by atoms with Gasteiger partial charge in [-0.1, -0.05) is 0 Å². The molecule has 0 spiro atoms. The maximum absolute atomic E-state index is 8.60. The number of carbonyl (C=O) groups excluding carboxylic acids is 2. The molecule has 7 heavy (non-hydrogen) atoms. The molecule has 0 amide bonds. The van der Waals surface area contributed by atoms with E-state index in [1.807, 2.05) is 0 Å². The molecule has 2 nitrogen and oxygen atoms in total. The molecule has 5 heteroatoms. The largest absolute Gasteiger partial charge is 4.00 e. The van der Waals surface area contributed by atoms with E-state index in [-0.39, 0.29) is 19.5 Å². The van der Waals surface area contributed by atoms with Gasteiger partial charge in [0.25, 0.3) is 0 Å².